The number of amides is 1. The van der Waals surface area contributed by atoms with Crippen molar-refractivity contribution in [1.29, 1.82) is 0 Å². The highest BCUT2D eigenvalue weighted by Gasteiger charge is 2.17. The van der Waals surface area contributed by atoms with E-state index in [0.717, 1.165) is 20.1 Å². The first-order valence-electron chi connectivity index (χ1n) is 6.59. The zero-order chi connectivity index (χ0) is 15.2. The quantitative estimate of drug-likeness (QED) is 0.804. The monoisotopic (exact) mass is 339 g/mol. The molecule has 112 valence electrons. The molecule has 2 rings (SSSR count). The van der Waals surface area contributed by atoms with Gasteiger partial charge >= 0.3 is 0 Å². The summed E-state index contributed by atoms with van der Waals surface area (Å²) in [6.45, 7) is 5.98. The van der Waals surface area contributed by atoms with Crippen molar-refractivity contribution in [3.05, 3.63) is 29.8 Å². The van der Waals surface area contributed by atoms with Crippen molar-refractivity contribution in [3.63, 3.8) is 0 Å². The highest BCUT2D eigenvalue weighted by atomic mass is 32.2. The third-order valence-electron chi connectivity index (χ3n) is 2.62. The van der Waals surface area contributed by atoms with Crippen LogP contribution >= 0.6 is 34.9 Å². The molecule has 7 heteroatoms. The summed E-state index contributed by atoms with van der Waals surface area (Å²) in [5.41, 5.74) is 1.99. The number of hydrogen-bond acceptors (Lipinski definition) is 6. The van der Waals surface area contributed by atoms with E-state index < -0.39 is 0 Å². The minimum Gasteiger partial charge on any atom is -0.325 e. The lowest BCUT2D eigenvalue weighted by molar-refractivity contribution is -0.115. The van der Waals surface area contributed by atoms with E-state index in [1.54, 1.807) is 11.8 Å². The first-order chi connectivity index (χ1) is 10.1. The first-order valence-corrected chi connectivity index (χ1v) is 9.27. The molecule has 0 fully saturated rings. The average molecular weight is 340 g/mol. The predicted molar refractivity (Wildman–Crippen MR) is 91.4 cm³/mol. The van der Waals surface area contributed by atoms with E-state index in [2.05, 4.69) is 22.4 Å². The summed E-state index contributed by atoms with van der Waals surface area (Å²) in [4.78, 5) is 12.2. The van der Waals surface area contributed by atoms with Crippen molar-refractivity contribution in [3.8, 4) is 0 Å². The molecule has 1 unspecified atom stereocenters. The number of hydrogen-bond donors (Lipinski definition) is 1. The molecule has 0 aliphatic carbocycles. The molecule has 1 heterocycles. The second-order valence-electron chi connectivity index (χ2n) is 4.38. The van der Waals surface area contributed by atoms with Crippen molar-refractivity contribution < 1.29 is 4.79 Å². The number of nitrogens with one attached hydrogen (secondary N) is 1. The molecule has 4 nitrogen and oxygen atoms in total. The second kappa shape index (κ2) is 7.82. The highest BCUT2D eigenvalue weighted by Crippen LogP contribution is 2.31. The predicted octanol–water partition coefficient (Wildman–Crippen LogP) is 4.08. The van der Waals surface area contributed by atoms with Gasteiger partial charge in [-0.3, -0.25) is 4.79 Å². The number of anilines is 1. The normalized spacial score (nSPS) is 12.1. The Balaban J connectivity index is 1.90. The Morgan fingerprint density at radius 2 is 1.95 bits per heavy atom. The Labute approximate surface area is 137 Å². The molecule has 1 amide bonds. The first kappa shape index (κ1) is 16.3. The highest BCUT2D eigenvalue weighted by molar-refractivity contribution is 8.03. The third-order valence-corrected chi connectivity index (χ3v) is 5.74. The van der Waals surface area contributed by atoms with Crippen molar-refractivity contribution >= 4 is 46.5 Å². The van der Waals surface area contributed by atoms with E-state index in [4.69, 9.17) is 0 Å². The Hall–Kier alpha value is -1.05. The van der Waals surface area contributed by atoms with Crippen LogP contribution in [0.5, 0.6) is 0 Å². The van der Waals surface area contributed by atoms with Crippen molar-refractivity contribution in [2.45, 2.75) is 34.7 Å². The van der Waals surface area contributed by atoms with Gasteiger partial charge in [0.25, 0.3) is 0 Å². The van der Waals surface area contributed by atoms with Gasteiger partial charge in [-0.1, -0.05) is 59.5 Å². The zero-order valence-electron chi connectivity index (χ0n) is 12.1. The molecule has 0 saturated heterocycles. The van der Waals surface area contributed by atoms with Crippen LogP contribution in [0.4, 0.5) is 5.69 Å². The minimum atomic E-state index is -0.210. The summed E-state index contributed by atoms with van der Waals surface area (Å²) in [5, 5.41) is 10.9. The van der Waals surface area contributed by atoms with E-state index in [1.165, 1.54) is 28.7 Å². The molecule has 1 aromatic heterocycles. The van der Waals surface area contributed by atoms with Crippen molar-refractivity contribution in [2.24, 2.45) is 0 Å². The summed E-state index contributed by atoms with van der Waals surface area (Å²) in [7, 11) is 0. The van der Waals surface area contributed by atoms with Crippen LogP contribution in [0.2, 0.25) is 0 Å². The van der Waals surface area contributed by atoms with Crippen molar-refractivity contribution in [2.75, 3.05) is 11.1 Å². The van der Waals surface area contributed by atoms with Gasteiger partial charge in [0.1, 0.15) is 0 Å². The van der Waals surface area contributed by atoms with Crippen molar-refractivity contribution in [1.82, 2.24) is 10.2 Å². The third kappa shape index (κ3) is 5.01. The standard InChI is InChI=1S/C14H17N3OS3/c1-4-19-13-16-17-14(21-13)20-10(3)12(18)15-11-7-5-9(2)6-8-11/h5-8,10H,4H2,1-3H3,(H,15,18). The van der Waals surface area contributed by atoms with E-state index in [1.807, 2.05) is 38.1 Å². The summed E-state index contributed by atoms with van der Waals surface area (Å²) in [6.07, 6.45) is 0. The van der Waals surface area contributed by atoms with Crippen LogP contribution < -0.4 is 5.32 Å². The summed E-state index contributed by atoms with van der Waals surface area (Å²) < 4.78 is 1.78. The number of rotatable bonds is 6. The van der Waals surface area contributed by atoms with Gasteiger partial charge in [0.15, 0.2) is 8.68 Å². The van der Waals surface area contributed by atoms with Crippen LogP contribution in [0.25, 0.3) is 0 Å². The molecule has 0 aliphatic heterocycles. The number of carbonyl (C=O) groups excluding carboxylic acids is 1. The maximum absolute atomic E-state index is 12.2. The van der Waals surface area contributed by atoms with Crippen LogP contribution in [-0.4, -0.2) is 27.1 Å². The molecule has 0 bridgehead atoms. The van der Waals surface area contributed by atoms with Gasteiger partial charge in [-0.15, -0.1) is 10.2 Å². The summed E-state index contributed by atoms with van der Waals surface area (Å²) in [5.74, 6) is 0.951. The Morgan fingerprint density at radius 1 is 1.29 bits per heavy atom. The minimum absolute atomic E-state index is 0.0243. The molecule has 0 aliphatic rings. The lowest BCUT2D eigenvalue weighted by Crippen LogP contribution is -2.22. The van der Waals surface area contributed by atoms with Gasteiger partial charge in [0.05, 0.1) is 5.25 Å². The molecule has 0 radical (unpaired) electrons. The smallest absolute Gasteiger partial charge is 0.237 e. The molecule has 1 aromatic carbocycles. The van der Waals surface area contributed by atoms with Crippen LogP contribution in [-0.2, 0) is 4.79 Å². The van der Waals surface area contributed by atoms with E-state index in [-0.39, 0.29) is 11.2 Å². The SMILES string of the molecule is CCSc1nnc(SC(C)C(=O)Nc2ccc(C)cc2)s1. The van der Waals surface area contributed by atoms with Crippen LogP contribution in [0.3, 0.4) is 0 Å². The van der Waals surface area contributed by atoms with E-state index in [0.29, 0.717) is 0 Å². The number of carbonyl (C=O) groups is 1. The number of benzene rings is 1. The van der Waals surface area contributed by atoms with Gasteiger partial charge in [-0.25, -0.2) is 0 Å². The Kier molecular flexibility index (Phi) is 6.08. The molecule has 0 saturated carbocycles. The van der Waals surface area contributed by atoms with E-state index in [9.17, 15) is 4.79 Å². The molecular weight excluding hydrogens is 322 g/mol. The second-order valence-corrected chi connectivity index (χ2v) is 8.46. The maximum atomic E-state index is 12.2. The number of aromatic nitrogens is 2. The summed E-state index contributed by atoms with van der Waals surface area (Å²) >= 11 is 4.64. The molecule has 2 aromatic rings. The topological polar surface area (TPSA) is 54.9 Å². The molecule has 0 spiro atoms. The fourth-order valence-corrected chi connectivity index (χ4v) is 4.57. The number of thioether (sulfide) groups is 2. The molecular formula is C14H17N3OS3. The lowest BCUT2D eigenvalue weighted by atomic mass is 10.2. The van der Waals surface area contributed by atoms with Gasteiger partial charge in [0, 0.05) is 5.69 Å². The summed E-state index contributed by atoms with van der Waals surface area (Å²) in [6, 6.07) is 7.77. The molecule has 1 N–H and O–H groups in total. The number of nitrogens with zero attached hydrogens (tertiary/aromatic N) is 2. The van der Waals surface area contributed by atoms with Crippen LogP contribution in [0.15, 0.2) is 32.9 Å². The largest absolute Gasteiger partial charge is 0.325 e. The maximum Gasteiger partial charge on any atom is 0.237 e. The fraction of sp³-hybridized carbons (Fsp3) is 0.357. The van der Waals surface area contributed by atoms with E-state index >= 15 is 0 Å². The lowest BCUT2D eigenvalue weighted by Gasteiger charge is -2.10. The molecule has 21 heavy (non-hydrogen) atoms. The zero-order valence-corrected chi connectivity index (χ0v) is 14.6. The van der Waals surface area contributed by atoms with Gasteiger partial charge in [-0.05, 0) is 31.7 Å². The van der Waals surface area contributed by atoms with Gasteiger partial charge in [-0.2, -0.15) is 0 Å². The number of aryl methyl sites for hydroxylation is 1. The van der Waals surface area contributed by atoms with Gasteiger partial charge < -0.3 is 5.32 Å². The fourth-order valence-electron chi connectivity index (χ4n) is 1.51. The average Bonchev–Trinajstić information content (AvgIpc) is 2.89. The van der Waals surface area contributed by atoms with Crippen LogP contribution in [0, 0.1) is 6.92 Å². The van der Waals surface area contributed by atoms with Crippen LogP contribution in [0.1, 0.15) is 19.4 Å². The Morgan fingerprint density at radius 3 is 2.62 bits per heavy atom. The van der Waals surface area contributed by atoms with Gasteiger partial charge in [0.2, 0.25) is 5.91 Å². The Bertz CT molecular complexity index is 598. The molecule has 1 atom stereocenters.